The maximum absolute atomic E-state index is 5.90. The number of nitrogens with zero attached hydrogens (tertiary/aromatic N) is 2. The van der Waals surface area contributed by atoms with Crippen molar-refractivity contribution in [2.75, 3.05) is 20.3 Å². The van der Waals surface area contributed by atoms with Crippen LogP contribution in [0.25, 0.3) is 0 Å². The number of ether oxygens (including phenoxy) is 1. The zero-order valence-electron chi connectivity index (χ0n) is 8.82. The summed E-state index contributed by atoms with van der Waals surface area (Å²) >= 11 is 5.90. The van der Waals surface area contributed by atoms with Gasteiger partial charge in [-0.1, -0.05) is 11.6 Å². The fraction of sp³-hybridized carbons (Fsp3) is 0.545. The van der Waals surface area contributed by atoms with Gasteiger partial charge in [0.15, 0.2) is 0 Å². The lowest BCUT2D eigenvalue weighted by Gasteiger charge is -2.22. The van der Waals surface area contributed by atoms with Crippen molar-refractivity contribution < 1.29 is 4.74 Å². The van der Waals surface area contributed by atoms with Crippen LogP contribution in [0, 0.1) is 0 Å². The molecule has 1 atom stereocenters. The van der Waals surface area contributed by atoms with Crippen LogP contribution in [-0.2, 0) is 11.3 Å². The number of aromatic nitrogens is 1. The monoisotopic (exact) mass is 226 g/mol. The molecule has 1 aromatic rings. The van der Waals surface area contributed by atoms with E-state index in [9.17, 15) is 0 Å². The Kier molecular flexibility index (Phi) is 3.57. The van der Waals surface area contributed by atoms with Crippen LogP contribution < -0.4 is 0 Å². The van der Waals surface area contributed by atoms with Gasteiger partial charge in [-0.2, -0.15) is 0 Å². The fourth-order valence-electron chi connectivity index (χ4n) is 1.79. The van der Waals surface area contributed by atoms with Gasteiger partial charge in [-0.25, -0.2) is 0 Å². The summed E-state index contributed by atoms with van der Waals surface area (Å²) in [7, 11) is 2.10. The largest absolute Gasteiger partial charge is 0.380 e. The van der Waals surface area contributed by atoms with Crippen molar-refractivity contribution in [3.63, 3.8) is 0 Å². The standard InChI is InChI=1S/C11H15ClN2O/c1-14(11-3-5-15-8-11)7-10-6-9(12)2-4-13-10/h2,4,6,11H,3,5,7-8H2,1H3. The summed E-state index contributed by atoms with van der Waals surface area (Å²) in [6, 6.07) is 4.23. The second-order valence-electron chi connectivity index (χ2n) is 3.90. The maximum Gasteiger partial charge on any atom is 0.0622 e. The number of pyridine rings is 1. The lowest BCUT2D eigenvalue weighted by atomic mass is 10.2. The summed E-state index contributed by atoms with van der Waals surface area (Å²) in [5, 5.41) is 0.746. The summed E-state index contributed by atoms with van der Waals surface area (Å²) < 4.78 is 5.35. The number of hydrogen-bond acceptors (Lipinski definition) is 3. The molecule has 4 heteroatoms. The average molecular weight is 227 g/mol. The molecule has 0 aromatic carbocycles. The van der Waals surface area contributed by atoms with Crippen LogP contribution in [0.4, 0.5) is 0 Å². The minimum atomic E-state index is 0.519. The van der Waals surface area contributed by atoms with Crippen LogP contribution in [0.3, 0.4) is 0 Å². The van der Waals surface area contributed by atoms with E-state index in [0.29, 0.717) is 6.04 Å². The molecule has 0 saturated carbocycles. The van der Waals surface area contributed by atoms with Crippen molar-refractivity contribution in [3.05, 3.63) is 29.0 Å². The summed E-state index contributed by atoms with van der Waals surface area (Å²) in [4.78, 5) is 6.55. The van der Waals surface area contributed by atoms with Crippen molar-refractivity contribution in [1.82, 2.24) is 9.88 Å². The Morgan fingerprint density at radius 3 is 3.20 bits per heavy atom. The number of likely N-dealkylation sites (N-methyl/N-ethyl adjacent to an activating group) is 1. The molecule has 0 spiro atoms. The smallest absolute Gasteiger partial charge is 0.0622 e. The molecule has 0 bridgehead atoms. The van der Waals surface area contributed by atoms with Crippen molar-refractivity contribution in [2.24, 2.45) is 0 Å². The third kappa shape index (κ3) is 2.91. The van der Waals surface area contributed by atoms with Crippen molar-refractivity contribution in [2.45, 2.75) is 19.0 Å². The van der Waals surface area contributed by atoms with Gasteiger partial charge in [-0.15, -0.1) is 0 Å². The highest BCUT2D eigenvalue weighted by Gasteiger charge is 2.20. The second kappa shape index (κ2) is 4.92. The van der Waals surface area contributed by atoms with Gasteiger partial charge in [0.05, 0.1) is 12.3 Å². The first-order valence-electron chi connectivity index (χ1n) is 5.14. The predicted octanol–water partition coefficient (Wildman–Crippen LogP) is 1.96. The second-order valence-corrected chi connectivity index (χ2v) is 4.33. The molecule has 82 valence electrons. The lowest BCUT2D eigenvalue weighted by Crippen LogP contribution is -2.31. The minimum Gasteiger partial charge on any atom is -0.380 e. The van der Waals surface area contributed by atoms with Crippen LogP contribution in [-0.4, -0.2) is 36.2 Å². The Morgan fingerprint density at radius 1 is 1.67 bits per heavy atom. The average Bonchev–Trinajstić information content (AvgIpc) is 2.70. The van der Waals surface area contributed by atoms with Gasteiger partial charge in [0.2, 0.25) is 0 Å². The molecular weight excluding hydrogens is 212 g/mol. The highest BCUT2D eigenvalue weighted by molar-refractivity contribution is 6.30. The van der Waals surface area contributed by atoms with E-state index in [4.69, 9.17) is 16.3 Å². The third-order valence-electron chi connectivity index (χ3n) is 2.72. The van der Waals surface area contributed by atoms with E-state index in [1.54, 1.807) is 12.3 Å². The third-order valence-corrected chi connectivity index (χ3v) is 2.95. The first-order valence-corrected chi connectivity index (χ1v) is 5.52. The van der Waals surface area contributed by atoms with Crippen molar-refractivity contribution in [1.29, 1.82) is 0 Å². The fourth-order valence-corrected chi connectivity index (χ4v) is 1.97. The predicted molar refractivity (Wildman–Crippen MR) is 59.9 cm³/mol. The van der Waals surface area contributed by atoms with Crippen LogP contribution in [0.1, 0.15) is 12.1 Å². The first-order chi connectivity index (χ1) is 7.25. The van der Waals surface area contributed by atoms with E-state index in [2.05, 4.69) is 16.9 Å². The SMILES string of the molecule is CN(Cc1cc(Cl)ccn1)C1CCOC1. The van der Waals surface area contributed by atoms with Crippen LogP contribution in [0.2, 0.25) is 5.02 Å². The van der Waals surface area contributed by atoms with Gasteiger partial charge in [0.1, 0.15) is 0 Å². The van der Waals surface area contributed by atoms with Crippen molar-refractivity contribution >= 4 is 11.6 Å². The van der Waals surface area contributed by atoms with E-state index in [0.717, 1.165) is 36.9 Å². The number of halogens is 1. The number of hydrogen-bond donors (Lipinski definition) is 0. The maximum atomic E-state index is 5.90. The topological polar surface area (TPSA) is 25.4 Å². The van der Waals surface area contributed by atoms with E-state index in [1.807, 2.05) is 6.07 Å². The molecular formula is C11H15ClN2O. The Hall–Kier alpha value is -0.640. The van der Waals surface area contributed by atoms with Gasteiger partial charge < -0.3 is 4.74 Å². The van der Waals surface area contributed by atoms with E-state index in [1.165, 1.54) is 0 Å². The summed E-state index contributed by atoms with van der Waals surface area (Å²) in [6.07, 6.45) is 2.85. The van der Waals surface area contributed by atoms with Gasteiger partial charge in [-0.3, -0.25) is 9.88 Å². The molecule has 1 unspecified atom stereocenters. The molecule has 0 amide bonds. The molecule has 2 heterocycles. The normalized spacial score (nSPS) is 21.1. The molecule has 2 rings (SSSR count). The first kappa shape index (κ1) is 10.9. The van der Waals surface area contributed by atoms with Gasteiger partial charge in [0, 0.05) is 30.4 Å². The number of rotatable bonds is 3. The minimum absolute atomic E-state index is 0.519. The van der Waals surface area contributed by atoms with Crippen LogP contribution >= 0.6 is 11.6 Å². The van der Waals surface area contributed by atoms with Crippen molar-refractivity contribution in [3.8, 4) is 0 Å². The Labute approximate surface area is 95.0 Å². The highest BCUT2D eigenvalue weighted by Crippen LogP contribution is 2.14. The molecule has 1 aromatic heterocycles. The zero-order valence-corrected chi connectivity index (χ0v) is 9.57. The molecule has 1 aliphatic rings. The molecule has 0 aliphatic carbocycles. The van der Waals surface area contributed by atoms with Gasteiger partial charge in [0.25, 0.3) is 0 Å². The van der Waals surface area contributed by atoms with Gasteiger partial charge in [-0.05, 0) is 25.6 Å². The Morgan fingerprint density at radius 2 is 2.53 bits per heavy atom. The van der Waals surface area contributed by atoms with Crippen LogP contribution in [0.15, 0.2) is 18.3 Å². The summed E-state index contributed by atoms with van der Waals surface area (Å²) in [5.74, 6) is 0. The zero-order chi connectivity index (χ0) is 10.7. The Balaban J connectivity index is 1.95. The summed E-state index contributed by atoms with van der Waals surface area (Å²) in [5.41, 5.74) is 1.01. The molecule has 15 heavy (non-hydrogen) atoms. The quantitative estimate of drug-likeness (QED) is 0.788. The summed E-state index contributed by atoms with van der Waals surface area (Å²) in [6.45, 7) is 2.53. The Bertz CT molecular complexity index is 326. The lowest BCUT2D eigenvalue weighted by molar-refractivity contribution is 0.155. The van der Waals surface area contributed by atoms with Gasteiger partial charge >= 0.3 is 0 Å². The molecule has 3 nitrogen and oxygen atoms in total. The molecule has 0 radical (unpaired) electrons. The highest BCUT2D eigenvalue weighted by atomic mass is 35.5. The molecule has 0 N–H and O–H groups in total. The molecule has 1 saturated heterocycles. The van der Waals surface area contributed by atoms with E-state index < -0.39 is 0 Å². The molecule has 1 aliphatic heterocycles. The molecule has 1 fully saturated rings. The van der Waals surface area contributed by atoms with Crippen LogP contribution in [0.5, 0.6) is 0 Å². The van der Waals surface area contributed by atoms with E-state index in [-0.39, 0.29) is 0 Å². The van der Waals surface area contributed by atoms with E-state index >= 15 is 0 Å².